The van der Waals surface area contributed by atoms with E-state index < -0.39 is 5.97 Å². The summed E-state index contributed by atoms with van der Waals surface area (Å²) in [5, 5.41) is 2.98. The van der Waals surface area contributed by atoms with Gasteiger partial charge in [0.2, 0.25) is 5.91 Å². The molecule has 166 valence electrons. The second-order valence-corrected chi connectivity index (χ2v) is 8.55. The van der Waals surface area contributed by atoms with Crippen molar-refractivity contribution in [1.82, 2.24) is 15.2 Å². The number of piperidine rings is 1. The van der Waals surface area contributed by atoms with Gasteiger partial charge in [0.1, 0.15) is 5.69 Å². The van der Waals surface area contributed by atoms with Crippen molar-refractivity contribution in [2.75, 3.05) is 26.2 Å². The summed E-state index contributed by atoms with van der Waals surface area (Å²) in [7, 11) is 0. The van der Waals surface area contributed by atoms with Crippen LogP contribution < -0.4 is 5.32 Å². The summed E-state index contributed by atoms with van der Waals surface area (Å²) in [4.78, 5) is 42.9. The summed E-state index contributed by atoms with van der Waals surface area (Å²) in [6.45, 7) is 9.35. The van der Waals surface area contributed by atoms with Crippen LogP contribution in [0.25, 0.3) is 0 Å². The highest BCUT2D eigenvalue weighted by Crippen LogP contribution is 2.24. The number of aromatic nitrogens is 1. The summed E-state index contributed by atoms with van der Waals surface area (Å²) in [6.07, 6.45) is 3.40. The van der Waals surface area contributed by atoms with Gasteiger partial charge in [-0.3, -0.25) is 9.59 Å². The lowest BCUT2D eigenvalue weighted by atomic mass is 9.96. The van der Waals surface area contributed by atoms with E-state index in [0.29, 0.717) is 42.1 Å². The molecule has 2 N–H and O–H groups in total. The lowest BCUT2D eigenvalue weighted by Crippen LogP contribution is -2.46. The van der Waals surface area contributed by atoms with Gasteiger partial charge in [0, 0.05) is 31.9 Å². The fourth-order valence-corrected chi connectivity index (χ4v) is 4.24. The average molecular weight is 420 g/mol. The Balaban J connectivity index is 1.64. The largest absolute Gasteiger partial charge is 0.459 e. The van der Waals surface area contributed by atoms with E-state index in [1.807, 2.05) is 0 Å². The van der Waals surface area contributed by atoms with E-state index in [0.717, 1.165) is 32.3 Å². The highest BCUT2D eigenvalue weighted by atomic mass is 16.5. The molecular weight excluding hydrogens is 386 g/mol. The molecule has 0 radical (unpaired) electrons. The molecule has 0 bridgehead atoms. The zero-order chi connectivity index (χ0) is 21.8. The molecule has 8 nitrogen and oxygen atoms in total. The zero-order valence-corrected chi connectivity index (χ0v) is 18.4. The molecule has 1 aromatic rings. The highest BCUT2D eigenvalue weighted by Gasteiger charge is 2.32. The van der Waals surface area contributed by atoms with Crippen molar-refractivity contribution in [1.29, 1.82) is 0 Å². The van der Waals surface area contributed by atoms with E-state index >= 15 is 0 Å². The van der Waals surface area contributed by atoms with Crippen LogP contribution in [0.4, 0.5) is 0 Å². The number of aryl methyl sites for hydroxylation is 1. The number of hydrogen-bond acceptors (Lipinski definition) is 5. The first-order valence-corrected chi connectivity index (χ1v) is 10.9. The molecule has 2 amide bonds. The number of amides is 2. The van der Waals surface area contributed by atoms with Crippen LogP contribution in [0.15, 0.2) is 0 Å². The van der Waals surface area contributed by atoms with Gasteiger partial charge in [-0.05, 0) is 58.9 Å². The molecule has 0 aliphatic carbocycles. The Morgan fingerprint density at radius 2 is 2.00 bits per heavy atom. The van der Waals surface area contributed by atoms with Crippen LogP contribution >= 0.6 is 0 Å². The predicted molar refractivity (Wildman–Crippen MR) is 111 cm³/mol. The Bertz CT molecular complexity index is 795. The fourth-order valence-electron chi connectivity index (χ4n) is 4.24. The van der Waals surface area contributed by atoms with Gasteiger partial charge >= 0.3 is 5.97 Å². The zero-order valence-electron chi connectivity index (χ0n) is 18.4. The average Bonchev–Trinajstić information content (AvgIpc) is 3.32. The minimum Gasteiger partial charge on any atom is -0.459 e. The number of nitrogens with one attached hydrogen (secondary N) is 2. The summed E-state index contributed by atoms with van der Waals surface area (Å²) < 4.78 is 10.9. The van der Waals surface area contributed by atoms with Crippen LogP contribution in [0.2, 0.25) is 0 Å². The number of esters is 1. The number of nitrogens with zero attached hydrogens (tertiary/aromatic N) is 1. The Kier molecular flexibility index (Phi) is 7.18. The quantitative estimate of drug-likeness (QED) is 0.690. The van der Waals surface area contributed by atoms with E-state index in [9.17, 15) is 14.4 Å². The topological polar surface area (TPSA) is 101 Å². The van der Waals surface area contributed by atoms with Crippen LogP contribution in [0.3, 0.4) is 0 Å². The molecule has 1 aromatic heterocycles. The van der Waals surface area contributed by atoms with E-state index in [1.165, 1.54) is 0 Å². The van der Waals surface area contributed by atoms with Gasteiger partial charge in [-0.1, -0.05) is 0 Å². The molecule has 0 saturated carbocycles. The summed E-state index contributed by atoms with van der Waals surface area (Å²) in [6, 6.07) is 0. The standard InChI is InChI=1S/C22H33N3O5/c1-13(2)30-22(28)18-14(3)19(24-15(18)4)21(27)25-9-5-7-16(12-25)20(26)23-11-17-8-6-10-29-17/h13,16-17,24H,5-12H2,1-4H3,(H,23,26)/t16-,17-/m0/s1. The van der Waals surface area contributed by atoms with Gasteiger partial charge in [-0.15, -0.1) is 0 Å². The predicted octanol–water partition coefficient (Wildman–Crippen LogP) is 2.34. The maximum atomic E-state index is 13.2. The maximum Gasteiger partial charge on any atom is 0.340 e. The number of likely N-dealkylation sites (tertiary alicyclic amines) is 1. The normalized spacial score (nSPS) is 21.7. The van der Waals surface area contributed by atoms with Crippen molar-refractivity contribution in [3.8, 4) is 0 Å². The monoisotopic (exact) mass is 419 g/mol. The third kappa shape index (κ3) is 5.03. The molecule has 0 spiro atoms. The molecule has 8 heteroatoms. The van der Waals surface area contributed by atoms with Crippen LogP contribution in [-0.4, -0.2) is 66.1 Å². The van der Waals surface area contributed by atoms with E-state index in [4.69, 9.17) is 9.47 Å². The van der Waals surface area contributed by atoms with Crippen molar-refractivity contribution in [3.63, 3.8) is 0 Å². The summed E-state index contributed by atoms with van der Waals surface area (Å²) in [5.41, 5.74) is 2.01. The van der Waals surface area contributed by atoms with E-state index in [1.54, 1.807) is 32.6 Å². The first-order chi connectivity index (χ1) is 14.3. The summed E-state index contributed by atoms with van der Waals surface area (Å²) >= 11 is 0. The van der Waals surface area contributed by atoms with Gasteiger partial charge in [-0.25, -0.2) is 4.79 Å². The van der Waals surface area contributed by atoms with Crippen LogP contribution in [0, 0.1) is 19.8 Å². The Hall–Kier alpha value is -2.35. The number of carbonyl (C=O) groups excluding carboxylic acids is 3. The Morgan fingerprint density at radius 1 is 1.23 bits per heavy atom. The van der Waals surface area contributed by atoms with Crippen molar-refractivity contribution < 1.29 is 23.9 Å². The van der Waals surface area contributed by atoms with Crippen LogP contribution in [0.5, 0.6) is 0 Å². The Labute approximate surface area is 177 Å². The van der Waals surface area contributed by atoms with Gasteiger partial charge in [0.25, 0.3) is 5.91 Å². The van der Waals surface area contributed by atoms with E-state index in [2.05, 4.69) is 10.3 Å². The Morgan fingerprint density at radius 3 is 2.67 bits per heavy atom. The fraction of sp³-hybridized carbons (Fsp3) is 0.682. The number of aromatic amines is 1. The van der Waals surface area contributed by atoms with Crippen molar-refractivity contribution in [2.24, 2.45) is 5.92 Å². The number of rotatable bonds is 6. The molecule has 2 aliphatic heterocycles. The molecule has 0 unspecified atom stereocenters. The van der Waals surface area contributed by atoms with Crippen LogP contribution in [-0.2, 0) is 14.3 Å². The lowest BCUT2D eigenvalue weighted by molar-refractivity contribution is -0.126. The number of ether oxygens (including phenoxy) is 2. The first kappa shape index (κ1) is 22.3. The molecule has 3 rings (SSSR count). The third-order valence-electron chi connectivity index (χ3n) is 5.81. The molecule has 30 heavy (non-hydrogen) atoms. The van der Waals surface area contributed by atoms with Crippen molar-refractivity contribution in [3.05, 3.63) is 22.5 Å². The summed E-state index contributed by atoms with van der Waals surface area (Å²) in [5.74, 6) is -0.870. The number of hydrogen-bond donors (Lipinski definition) is 2. The smallest absolute Gasteiger partial charge is 0.340 e. The van der Waals surface area contributed by atoms with Crippen LogP contribution in [0.1, 0.15) is 71.6 Å². The lowest BCUT2D eigenvalue weighted by Gasteiger charge is -2.32. The highest BCUT2D eigenvalue weighted by molar-refractivity contribution is 6.00. The van der Waals surface area contributed by atoms with Gasteiger partial charge in [0.05, 0.1) is 23.7 Å². The first-order valence-electron chi connectivity index (χ1n) is 10.9. The third-order valence-corrected chi connectivity index (χ3v) is 5.81. The molecule has 2 fully saturated rings. The molecule has 2 saturated heterocycles. The molecule has 2 aliphatic rings. The van der Waals surface area contributed by atoms with Gasteiger partial charge < -0.3 is 24.7 Å². The minimum atomic E-state index is -0.430. The number of carbonyl (C=O) groups is 3. The van der Waals surface area contributed by atoms with Crippen molar-refractivity contribution >= 4 is 17.8 Å². The molecule has 0 aromatic carbocycles. The minimum absolute atomic E-state index is 0.0245. The second kappa shape index (κ2) is 9.64. The SMILES string of the molecule is Cc1[nH]c(C(=O)N2CCC[C@H](C(=O)NC[C@@H]3CCCO3)C2)c(C)c1C(=O)OC(C)C. The second-order valence-electron chi connectivity index (χ2n) is 8.55. The molecule has 2 atom stereocenters. The number of H-pyrrole nitrogens is 1. The molecule has 3 heterocycles. The maximum absolute atomic E-state index is 13.2. The van der Waals surface area contributed by atoms with Gasteiger partial charge in [-0.2, -0.15) is 0 Å². The van der Waals surface area contributed by atoms with E-state index in [-0.39, 0.29) is 29.9 Å². The van der Waals surface area contributed by atoms with Gasteiger partial charge in [0.15, 0.2) is 0 Å². The van der Waals surface area contributed by atoms with Crippen molar-refractivity contribution in [2.45, 2.75) is 65.6 Å². The molecular formula is C22H33N3O5.